The zero-order valence-corrected chi connectivity index (χ0v) is 15.1. The van der Waals surface area contributed by atoms with Crippen LogP contribution < -0.4 is 5.56 Å². The average Bonchev–Trinajstić information content (AvgIpc) is 2.59. The molecule has 0 amide bonds. The second-order valence-electron chi connectivity index (χ2n) is 6.66. The summed E-state index contributed by atoms with van der Waals surface area (Å²) in [6, 6.07) is 11.7. The predicted molar refractivity (Wildman–Crippen MR) is 99.7 cm³/mol. The molecule has 2 aromatic rings. The van der Waals surface area contributed by atoms with Crippen LogP contribution in [0.1, 0.15) is 56.2 Å². The summed E-state index contributed by atoms with van der Waals surface area (Å²) in [5.74, 6) is 0.519. The molecule has 0 fully saturated rings. The van der Waals surface area contributed by atoms with Crippen molar-refractivity contribution in [3.8, 4) is 5.88 Å². The Balaban J connectivity index is 2.32. The molecule has 0 saturated heterocycles. The van der Waals surface area contributed by atoms with Crippen molar-refractivity contribution in [1.29, 1.82) is 0 Å². The van der Waals surface area contributed by atoms with Crippen LogP contribution in [0.4, 0.5) is 0 Å². The van der Waals surface area contributed by atoms with Crippen LogP contribution in [-0.2, 0) is 13.0 Å². The molecule has 0 aliphatic heterocycles. The van der Waals surface area contributed by atoms with Crippen molar-refractivity contribution in [3.63, 3.8) is 0 Å². The molecule has 0 spiro atoms. The van der Waals surface area contributed by atoms with E-state index in [9.17, 15) is 9.90 Å². The highest BCUT2D eigenvalue weighted by Gasteiger charge is 2.16. The molecule has 1 aromatic heterocycles. The monoisotopic (exact) mass is 327 g/mol. The molecular formula is C21H29NO2. The molecule has 3 heteroatoms. The number of aryl methyl sites for hydroxylation is 1. The Labute approximate surface area is 145 Å². The molecule has 1 atom stereocenters. The van der Waals surface area contributed by atoms with Gasteiger partial charge < -0.3 is 5.11 Å². The zero-order valence-electron chi connectivity index (χ0n) is 15.1. The van der Waals surface area contributed by atoms with E-state index in [1.54, 1.807) is 10.6 Å². The third kappa shape index (κ3) is 4.50. The number of aromatic hydroxyl groups is 1. The number of unbranched alkanes of at least 4 members (excludes halogenated alkanes) is 1. The lowest BCUT2D eigenvalue weighted by molar-refractivity contribution is 0.339. The van der Waals surface area contributed by atoms with Crippen LogP contribution in [0.3, 0.4) is 0 Å². The lowest BCUT2D eigenvalue weighted by atomic mass is 9.98. The minimum atomic E-state index is -0.0497. The maximum Gasteiger partial charge on any atom is 0.257 e. The number of nitrogens with zero attached hydrogens (tertiary/aromatic N) is 1. The van der Waals surface area contributed by atoms with E-state index in [4.69, 9.17) is 0 Å². The van der Waals surface area contributed by atoms with Gasteiger partial charge in [0.1, 0.15) is 0 Å². The molecule has 0 aliphatic carbocycles. The normalized spacial score (nSPS) is 12.3. The largest absolute Gasteiger partial charge is 0.494 e. The van der Waals surface area contributed by atoms with Gasteiger partial charge in [-0.25, -0.2) is 0 Å². The van der Waals surface area contributed by atoms with Crippen LogP contribution >= 0.6 is 0 Å². The van der Waals surface area contributed by atoms with Crippen molar-refractivity contribution < 1.29 is 5.11 Å². The zero-order chi connectivity index (χ0) is 17.5. The second kappa shape index (κ2) is 8.72. The van der Waals surface area contributed by atoms with Crippen LogP contribution in [0.25, 0.3) is 0 Å². The molecular weight excluding hydrogens is 298 g/mol. The van der Waals surface area contributed by atoms with Crippen LogP contribution in [0.15, 0.2) is 41.2 Å². The maximum atomic E-state index is 12.9. The van der Waals surface area contributed by atoms with Crippen LogP contribution in [-0.4, -0.2) is 9.67 Å². The molecule has 130 valence electrons. The van der Waals surface area contributed by atoms with Crippen LogP contribution in [0.2, 0.25) is 0 Å². The summed E-state index contributed by atoms with van der Waals surface area (Å²) in [6.07, 6.45) is 5.05. The van der Waals surface area contributed by atoms with Gasteiger partial charge in [0.2, 0.25) is 0 Å². The molecule has 1 N–H and O–H groups in total. The summed E-state index contributed by atoms with van der Waals surface area (Å²) in [5.41, 5.74) is 2.71. The summed E-state index contributed by atoms with van der Waals surface area (Å²) in [5, 5.41) is 10.3. The fourth-order valence-electron chi connectivity index (χ4n) is 3.16. The van der Waals surface area contributed by atoms with E-state index in [-0.39, 0.29) is 11.4 Å². The molecule has 1 aromatic carbocycles. The molecule has 0 radical (unpaired) electrons. The van der Waals surface area contributed by atoms with Crippen molar-refractivity contribution in [1.82, 2.24) is 4.57 Å². The van der Waals surface area contributed by atoms with E-state index in [2.05, 4.69) is 13.8 Å². The molecule has 2 rings (SSSR count). The van der Waals surface area contributed by atoms with Crippen molar-refractivity contribution >= 4 is 0 Å². The van der Waals surface area contributed by atoms with Crippen molar-refractivity contribution in [3.05, 3.63) is 63.4 Å². The topological polar surface area (TPSA) is 42.2 Å². The highest BCUT2D eigenvalue weighted by molar-refractivity contribution is 5.33. The smallest absolute Gasteiger partial charge is 0.257 e. The summed E-state index contributed by atoms with van der Waals surface area (Å²) < 4.78 is 1.56. The molecule has 1 heterocycles. The molecule has 1 unspecified atom stereocenters. The number of aromatic nitrogens is 1. The first-order valence-corrected chi connectivity index (χ1v) is 9.03. The lowest BCUT2D eigenvalue weighted by Crippen LogP contribution is -2.28. The van der Waals surface area contributed by atoms with Crippen molar-refractivity contribution in [2.24, 2.45) is 5.92 Å². The minimum Gasteiger partial charge on any atom is -0.494 e. The summed E-state index contributed by atoms with van der Waals surface area (Å²) in [7, 11) is 0. The number of benzene rings is 1. The van der Waals surface area contributed by atoms with Crippen LogP contribution in [0.5, 0.6) is 5.88 Å². The van der Waals surface area contributed by atoms with E-state index in [0.29, 0.717) is 18.9 Å². The third-order valence-electron chi connectivity index (χ3n) is 4.81. The fraction of sp³-hybridized carbons (Fsp3) is 0.476. The minimum absolute atomic E-state index is 0.0497. The standard InChI is InChI=1S/C21H29NO2/c1-4-6-10-17(5-2)15-22-20(23)13-16(3)19(21(22)24)14-18-11-8-7-9-12-18/h7-9,11-13,17,23H,4-6,10,14-15H2,1-3H3. The summed E-state index contributed by atoms with van der Waals surface area (Å²) in [6.45, 7) is 6.84. The van der Waals surface area contributed by atoms with E-state index in [0.717, 1.165) is 42.4 Å². The highest BCUT2D eigenvalue weighted by Crippen LogP contribution is 2.20. The van der Waals surface area contributed by atoms with Gasteiger partial charge in [0.25, 0.3) is 5.56 Å². The first kappa shape index (κ1) is 18.3. The van der Waals surface area contributed by atoms with Crippen LogP contribution in [0, 0.1) is 12.8 Å². The predicted octanol–water partition coefficient (Wildman–Crippen LogP) is 4.67. The fourth-order valence-corrected chi connectivity index (χ4v) is 3.16. The highest BCUT2D eigenvalue weighted by atomic mass is 16.3. The van der Waals surface area contributed by atoms with Crippen molar-refractivity contribution in [2.75, 3.05) is 0 Å². The first-order chi connectivity index (χ1) is 11.6. The lowest BCUT2D eigenvalue weighted by Gasteiger charge is -2.19. The van der Waals surface area contributed by atoms with Gasteiger partial charge in [-0.05, 0) is 30.4 Å². The first-order valence-electron chi connectivity index (χ1n) is 9.03. The Morgan fingerprint density at radius 3 is 2.50 bits per heavy atom. The average molecular weight is 327 g/mol. The van der Waals surface area contributed by atoms with Gasteiger partial charge in [0, 0.05) is 24.6 Å². The van der Waals surface area contributed by atoms with Gasteiger partial charge in [-0.1, -0.05) is 63.4 Å². The van der Waals surface area contributed by atoms with Gasteiger partial charge >= 0.3 is 0 Å². The molecule has 0 saturated carbocycles. The number of pyridine rings is 1. The number of hydrogen-bond donors (Lipinski definition) is 1. The van der Waals surface area contributed by atoms with E-state index in [1.165, 1.54) is 0 Å². The Kier molecular flexibility index (Phi) is 6.65. The van der Waals surface area contributed by atoms with Gasteiger partial charge in [0.05, 0.1) is 0 Å². The molecule has 0 bridgehead atoms. The summed E-state index contributed by atoms with van der Waals surface area (Å²) in [4.78, 5) is 12.9. The van der Waals surface area contributed by atoms with E-state index < -0.39 is 0 Å². The number of hydrogen-bond acceptors (Lipinski definition) is 2. The Morgan fingerprint density at radius 1 is 1.17 bits per heavy atom. The maximum absolute atomic E-state index is 12.9. The quantitative estimate of drug-likeness (QED) is 0.765. The molecule has 3 nitrogen and oxygen atoms in total. The van der Waals surface area contributed by atoms with E-state index >= 15 is 0 Å². The van der Waals surface area contributed by atoms with Gasteiger partial charge in [-0.3, -0.25) is 9.36 Å². The van der Waals surface area contributed by atoms with E-state index in [1.807, 2.05) is 37.3 Å². The Morgan fingerprint density at radius 2 is 1.88 bits per heavy atom. The molecule has 24 heavy (non-hydrogen) atoms. The van der Waals surface area contributed by atoms with Gasteiger partial charge in [0.15, 0.2) is 5.88 Å². The second-order valence-corrected chi connectivity index (χ2v) is 6.66. The third-order valence-corrected chi connectivity index (χ3v) is 4.81. The van der Waals surface area contributed by atoms with Gasteiger partial charge in [-0.15, -0.1) is 0 Å². The SMILES string of the molecule is CCCCC(CC)Cn1c(O)cc(C)c(Cc2ccccc2)c1=O. The van der Waals surface area contributed by atoms with Gasteiger partial charge in [-0.2, -0.15) is 0 Å². The Bertz CT molecular complexity index is 704. The molecule has 0 aliphatic rings. The Hall–Kier alpha value is -2.03. The number of rotatable bonds is 8. The van der Waals surface area contributed by atoms with Crippen molar-refractivity contribution in [2.45, 2.75) is 59.4 Å². The summed E-state index contributed by atoms with van der Waals surface area (Å²) >= 11 is 0.